The van der Waals surface area contributed by atoms with Gasteiger partial charge in [-0.05, 0) is 50.5 Å². The van der Waals surface area contributed by atoms with Gasteiger partial charge in [0.05, 0.1) is 5.57 Å². The molecule has 140 valence electrons. The van der Waals surface area contributed by atoms with Gasteiger partial charge in [0.25, 0.3) is 11.8 Å². The molecule has 0 radical (unpaired) electrons. The van der Waals surface area contributed by atoms with Gasteiger partial charge in [-0.15, -0.1) is 0 Å². The first kappa shape index (κ1) is 18.5. The number of allylic oxidation sites excluding steroid dienone is 3. The zero-order valence-corrected chi connectivity index (χ0v) is 16.3. The van der Waals surface area contributed by atoms with E-state index in [-0.39, 0.29) is 22.8 Å². The van der Waals surface area contributed by atoms with Crippen molar-refractivity contribution in [3.63, 3.8) is 0 Å². The number of rotatable bonds is 3. The van der Waals surface area contributed by atoms with Crippen molar-refractivity contribution in [2.45, 2.75) is 53.4 Å². The average Bonchev–Trinajstić information content (AvgIpc) is 3.19. The first-order valence-corrected chi connectivity index (χ1v) is 9.60. The molecule has 2 heterocycles. The van der Waals surface area contributed by atoms with Gasteiger partial charge in [0.1, 0.15) is 11.6 Å². The second-order valence-electron chi connectivity index (χ2n) is 8.04. The molecule has 0 atom stereocenters. The Morgan fingerprint density at radius 3 is 2.00 bits per heavy atom. The molecule has 0 unspecified atom stereocenters. The standard InChI is InChI=1S/C20H28N4O2/c1-5-23-18(25)17(19(26)24(23)6-2)14-11-20(3,4)12-16(15(14)13-21)22-9-7-8-10-22/h5-12H2,1-4H3. The number of amides is 2. The number of carbonyl (C=O) groups is 2. The first-order chi connectivity index (χ1) is 12.3. The van der Waals surface area contributed by atoms with E-state index in [0.717, 1.165) is 38.0 Å². The Bertz CT molecular complexity index is 711. The number of hydrogen-bond acceptors (Lipinski definition) is 4. The quantitative estimate of drug-likeness (QED) is 0.576. The number of nitrogens with zero attached hydrogens (tertiary/aromatic N) is 4. The summed E-state index contributed by atoms with van der Waals surface area (Å²) in [5.41, 5.74) is 2.33. The molecule has 2 saturated heterocycles. The summed E-state index contributed by atoms with van der Waals surface area (Å²) in [7, 11) is 0. The van der Waals surface area contributed by atoms with Gasteiger partial charge in [0.2, 0.25) is 0 Å². The van der Waals surface area contributed by atoms with Crippen LogP contribution in [0, 0.1) is 16.7 Å². The average molecular weight is 356 g/mol. The van der Waals surface area contributed by atoms with Crippen LogP contribution in [-0.2, 0) is 9.59 Å². The summed E-state index contributed by atoms with van der Waals surface area (Å²) in [5.74, 6) is -0.527. The van der Waals surface area contributed by atoms with E-state index in [2.05, 4.69) is 24.8 Å². The Balaban J connectivity index is 2.19. The highest BCUT2D eigenvalue weighted by atomic mass is 16.2. The highest BCUT2D eigenvalue weighted by Gasteiger charge is 2.45. The monoisotopic (exact) mass is 356 g/mol. The lowest BCUT2D eigenvalue weighted by Crippen LogP contribution is -2.40. The van der Waals surface area contributed by atoms with Crippen molar-refractivity contribution in [1.29, 1.82) is 5.26 Å². The summed E-state index contributed by atoms with van der Waals surface area (Å²) in [6, 6.07) is 2.34. The second-order valence-corrected chi connectivity index (χ2v) is 8.04. The lowest BCUT2D eigenvalue weighted by atomic mass is 9.72. The predicted octanol–water partition coefficient (Wildman–Crippen LogP) is 2.60. The maximum absolute atomic E-state index is 13.0. The van der Waals surface area contributed by atoms with Crippen molar-refractivity contribution in [2.24, 2.45) is 5.41 Å². The van der Waals surface area contributed by atoms with Crippen LogP contribution in [0.15, 0.2) is 22.4 Å². The molecule has 26 heavy (non-hydrogen) atoms. The molecule has 0 saturated carbocycles. The van der Waals surface area contributed by atoms with Crippen LogP contribution < -0.4 is 0 Å². The molecular formula is C20H28N4O2. The third-order valence-corrected chi connectivity index (χ3v) is 5.58. The van der Waals surface area contributed by atoms with Gasteiger partial charge < -0.3 is 4.90 Å². The van der Waals surface area contributed by atoms with Gasteiger partial charge in [0, 0.05) is 31.9 Å². The molecule has 0 aromatic carbocycles. The van der Waals surface area contributed by atoms with Gasteiger partial charge in [0.15, 0.2) is 0 Å². The normalized spacial score (nSPS) is 23.4. The summed E-state index contributed by atoms with van der Waals surface area (Å²) >= 11 is 0. The number of hydrazine groups is 1. The van der Waals surface area contributed by atoms with E-state index in [0.29, 0.717) is 30.7 Å². The molecule has 2 aliphatic heterocycles. The van der Waals surface area contributed by atoms with Gasteiger partial charge in [-0.3, -0.25) is 9.59 Å². The minimum atomic E-state index is -0.263. The van der Waals surface area contributed by atoms with Crippen molar-refractivity contribution >= 4 is 11.8 Å². The van der Waals surface area contributed by atoms with Gasteiger partial charge in [-0.1, -0.05) is 13.8 Å². The van der Waals surface area contributed by atoms with Crippen LogP contribution in [0.3, 0.4) is 0 Å². The van der Waals surface area contributed by atoms with Gasteiger partial charge >= 0.3 is 0 Å². The molecule has 2 fully saturated rings. The summed E-state index contributed by atoms with van der Waals surface area (Å²) in [6.07, 6.45) is 3.64. The summed E-state index contributed by atoms with van der Waals surface area (Å²) in [4.78, 5) is 28.2. The Hall–Kier alpha value is -2.29. The molecule has 6 heteroatoms. The van der Waals surface area contributed by atoms with E-state index in [1.165, 1.54) is 10.0 Å². The third kappa shape index (κ3) is 2.90. The zero-order valence-electron chi connectivity index (χ0n) is 16.3. The topological polar surface area (TPSA) is 67.6 Å². The number of likely N-dealkylation sites (tertiary alicyclic amines) is 1. The molecule has 1 aliphatic carbocycles. The lowest BCUT2D eigenvalue weighted by Gasteiger charge is -2.37. The largest absolute Gasteiger partial charge is 0.374 e. The summed E-state index contributed by atoms with van der Waals surface area (Å²) in [5, 5.41) is 12.9. The van der Waals surface area contributed by atoms with E-state index in [4.69, 9.17) is 0 Å². The van der Waals surface area contributed by atoms with Crippen LogP contribution in [0.4, 0.5) is 0 Å². The molecule has 0 aromatic rings. The van der Waals surface area contributed by atoms with Crippen LogP contribution in [-0.4, -0.2) is 52.9 Å². The minimum Gasteiger partial charge on any atom is -0.374 e. The molecule has 0 N–H and O–H groups in total. The Kier molecular flexibility index (Phi) is 4.83. The van der Waals surface area contributed by atoms with Crippen molar-refractivity contribution in [2.75, 3.05) is 26.2 Å². The third-order valence-electron chi connectivity index (χ3n) is 5.58. The molecule has 3 aliphatic rings. The Morgan fingerprint density at radius 1 is 1.00 bits per heavy atom. The fourth-order valence-electron chi connectivity index (χ4n) is 4.40. The zero-order chi connectivity index (χ0) is 19.1. The molecular weight excluding hydrogens is 328 g/mol. The maximum Gasteiger partial charge on any atom is 0.278 e. The molecule has 0 spiro atoms. The highest BCUT2D eigenvalue weighted by Crippen LogP contribution is 2.45. The second kappa shape index (κ2) is 6.79. The number of nitriles is 1. The Morgan fingerprint density at radius 2 is 1.54 bits per heavy atom. The van der Waals surface area contributed by atoms with E-state index in [9.17, 15) is 14.9 Å². The van der Waals surface area contributed by atoms with E-state index < -0.39 is 0 Å². The van der Waals surface area contributed by atoms with Crippen molar-refractivity contribution in [3.8, 4) is 6.07 Å². The molecule has 3 rings (SSSR count). The minimum absolute atomic E-state index is 0.0855. The summed E-state index contributed by atoms with van der Waals surface area (Å²) < 4.78 is 0. The predicted molar refractivity (Wildman–Crippen MR) is 98.3 cm³/mol. The van der Waals surface area contributed by atoms with Crippen LogP contribution >= 0.6 is 0 Å². The Labute approximate surface area is 155 Å². The molecule has 0 aromatic heterocycles. The van der Waals surface area contributed by atoms with Crippen molar-refractivity contribution in [3.05, 3.63) is 22.4 Å². The first-order valence-electron chi connectivity index (χ1n) is 9.60. The van der Waals surface area contributed by atoms with E-state index in [1.54, 1.807) is 0 Å². The van der Waals surface area contributed by atoms with Crippen LogP contribution in [0.2, 0.25) is 0 Å². The van der Waals surface area contributed by atoms with Gasteiger partial charge in [-0.2, -0.15) is 5.26 Å². The fraction of sp³-hybridized carbons (Fsp3) is 0.650. The summed E-state index contributed by atoms with van der Waals surface area (Å²) in [6.45, 7) is 10.8. The molecule has 6 nitrogen and oxygen atoms in total. The van der Waals surface area contributed by atoms with Gasteiger partial charge in [-0.25, -0.2) is 10.0 Å². The van der Waals surface area contributed by atoms with Crippen LogP contribution in [0.1, 0.15) is 53.4 Å². The van der Waals surface area contributed by atoms with Crippen molar-refractivity contribution in [1.82, 2.24) is 14.9 Å². The number of hydrogen-bond donors (Lipinski definition) is 0. The SMILES string of the molecule is CCN1C(=O)C(=C2CC(C)(C)CC(N3CCCC3)=C2C#N)C(=O)N1CC. The molecule has 2 amide bonds. The number of carbonyl (C=O) groups excluding carboxylic acids is 2. The van der Waals surface area contributed by atoms with E-state index in [1.807, 2.05) is 13.8 Å². The molecule has 0 bridgehead atoms. The van der Waals surface area contributed by atoms with Crippen molar-refractivity contribution < 1.29 is 9.59 Å². The van der Waals surface area contributed by atoms with E-state index >= 15 is 0 Å². The van der Waals surface area contributed by atoms with Crippen LogP contribution in [0.25, 0.3) is 0 Å². The van der Waals surface area contributed by atoms with Crippen LogP contribution in [0.5, 0.6) is 0 Å². The number of likely N-dealkylation sites (N-methyl/N-ethyl adjacent to an activating group) is 2. The highest BCUT2D eigenvalue weighted by molar-refractivity contribution is 6.23. The maximum atomic E-state index is 13.0. The smallest absolute Gasteiger partial charge is 0.278 e. The lowest BCUT2D eigenvalue weighted by molar-refractivity contribution is -0.145. The fourth-order valence-corrected chi connectivity index (χ4v) is 4.40.